The maximum Gasteiger partial charge on any atom is 0.270 e. The lowest BCUT2D eigenvalue weighted by atomic mass is 10.1. The Labute approximate surface area is 96.9 Å². The smallest absolute Gasteiger partial charge is 0.270 e. The van der Waals surface area contributed by atoms with Crippen molar-refractivity contribution in [2.24, 2.45) is 0 Å². The fraction of sp³-hybridized carbons (Fsp3) is 0.0909. The third-order valence-electron chi connectivity index (χ3n) is 2.40. The molecule has 0 aliphatic rings. The zero-order valence-corrected chi connectivity index (χ0v) is 8.99. The lowest BCUT2D eigenvalue weighted by Gasteiger charge is -2.06. The molecule has 17 heavy (non-hydrogen) atoms. The minimum atomic E-state index is -0.522. The van der Waals surface area contributed by atoms with E-state index in [4.69, 9.17) is 5.26 Å². The molecule has 0 aliphatic carbocycles. The van der Waals surface area contributed by atoms with Crippen LogP contribution in [0, 0.1) is 28.4 Å². The van der Waals surface area contributed by atoms with E-state index in [0.717, 1.165) is 5.82 Å². The van der Waals surface area contributed by atoms with E-state index in [2.05, 4.69) is 4.98 Å². The van der Waals surface area contributed by atoms with Crippen molar-refractivity contribution in [3.8, 4) is 11.8 Å². The number of hydrogen-bond acceptors (Lipinski definition) is 4. The third-order valence-corrected chi connectivity index (χ3v) is 2.40. The van der Waals surface area contributed by atoms with Crippen LogP contribution in [0.4, 0.5) is 5.69 Å². The van der Waals surface area contributed by atoms with Crippen molar-refractivity contribution in [2.75, 3.05) is 0 Å². The van der Waals surface area contributed by atoms with Gasteiger partial charge in [0.05, 0.1) is 16.2 Å². The first-order valence-electron chi connectivity index (χ1n) is 4.82. The summed E-state index contributed by atoms with van der Waals surface area (Å²) in [6.07, 6.45) is 3.31. The van der Waals surface area contributed by atoms with E-state index in [1.165, 1.54) is 12.1 Å². The number of benzene rings is 1. The van der Waals surface area contributed by atoms with Gasteiger partial charge < -0.3 is 4.57 Å². The number of imidazole rings is 1. The number of aromatic nitrogens is 2. The van der Waals surface area contributed by atoms with E-state index >= 15 is 0 Å². The fourth-order valence-corrected chi connectivity index (χ4v) is 1.57. The summed E-state index contributed by atoms with van der Waals surface area (Å²) in [6, 6.07) is 6.13. The summed E-state index contributed by atoms with van der Waals surface area (Å²) >= 11 is 0. The molecule has 0 N–H and O–H groups in total. The fourth-order valence-electron chi connectivity index (χ4n) is 1.57. The molecule has 0 fully saturated rings. The molecular formula is C11H8N4O2. The molecule has 2 aromatic rings. The van der Waals surface area contributed by atoms with E-state index < -0.39 is 4.92 Å². The molecule has 0 atom stereocenters. The van der Waals surface area contributed by atoms with Gasteiger partial charge in [-0.1, -0.05) is 0 Å². The van der Waals surface area contributed by atoms with Gasteiger partial charge in [0.1, 0.15) is 11.9 Å². The Morgan fingerprint density at radius 1 is 1.53 bits per heavy atom. The van der Waals surface area contributed by atoms with Gasteiger partial charge in [-0.15, -0.1) is 0 Å². The van der Waals surface area contributed by atoms with E-state index in [1.807, 2.05) is 6.07 Å². The minimum absolute atomic E-state index is 0.0944. The Morgan fingerprint density at radius 3 is 2.82 bits per heavy atom. The van der Waals surface area contributed by atoms with Crippen LogP contribution < -0.4 is 0 Å². The van der Waals surface area contributed by atoms with Gasteiger partial charge in [0.25, 0.3) is 5.69 Å². The van der Waals surface area contributed by atoms with Gasteiger partial charge in [-0.3, -0.25) is 10.1 Å². The molecule has 2 rings (SSSR count). The van der Waals surface area contributed by atoms with Gasteiger partial charge in [-0.2, -0.15) is 5.26 Å². The van der Waals surface area contributed by atoms with Crippen molar-refractivity contribution in [3.05, 3.63) is 52.1 Å². The number of nitriles is 1. The van der Waals surface area contributed by atoms with Crippen molar-refractivity contribution in [1.29, 1.82) is 5.26 Å². The Bertz CT molecular complexity index is 625. The average molecular weight is 228 g/mol. The SMILES string of the molecule is Cc1nccn1-c1ccc([N+](=O)[O-])cc1C#N. The van der Waals surface area contributed by atoms with Crippen molar-refractivity contribution in [3.63, 3.8) is 0 Å². The molecule has 0 aliphatic heterocycles. The Kier molecular flexibility index (Phi) is 2.58. The Hall–Kier alpha value is -2.68. The number of nitro groups is 1. The van der Waals surface area contributed by atoms with Crippen molar-refractivity contribution >= 4 is 5.69 Å². The van der Waals surface area contributed by atoms with Crippen LogP contribution in [-0.2, 0) is 0 Å². The van der Waals surface area contributed by atoms with Gasteiger partial charge >= 0.3 is 0 Å². The van der Waals surface area contributed by atoms with Crippen LogP contribution in [0.25, 0.3) is 5.69 Å². The first-order chi connectivity index (χ1) is 8.13. The summed E-state index contributed by atoms with van der Waals surface area (Å²) in [5.74, 6) is 0.718. The second-order valence-electron chi connectivity index (χ2n) is 3.41. The molecule has 0 amide bonds. The maximum atomic E-state index is 10.6. The largest absolute Gasteiger partial charge is 0.303 e. The van der Waals surface area contributed by atoms with E-state index in [0.29, 0.717) is 5.69 Å². The molecule has 0 unspecified atom stereocenters. The summed E-state index contributed by atoms with van der Waals surface area (Å²) in [7, 11) is 0. The molecule has 1 aromatic carbocycles. The summed E-state index contributed by atoms with van der Waals surface area (Å²) in [5.41, 5.74) is 0.747. The lowest BCUT2D eigenvalue weighted by Crippen LogP contribution is -2.00. The molecule has 1 aromatic heterocycles. The first kappa shape index (κ1) is 10.8. The van der Waals surface area contributed by atoms with Crippen LogP contribution in [0.2, 0.25) is 0 Å². The van der Waals surface area contributed by atoms with E-state index in [9.17, 15) is 10.1 Å². The zero-order valence-electron chi connectivity index (χ0n) is 8.99. The molecule has 6 heteroatoms. The lowest BCUT2D eigenvalue weighted by molar-refractivity contribution is -0.384. The number of non-ortho nitro benzene ring substituents is 1. The van der Waals surface area contributed by atoms with Gasteiger partial charge in [0, 0.05) is 24.5 Å². The molecule has 84 valence electrons. The normalized spacial score (nSPS) is 9.88. The zero-order chi connectivity index (χ0) is 12.4. The quantitative estimate of drug-likeness (QED) is 0.580. The van der Waals surface area contributed by atoms with Crippen LogP contribution in [-0.4, -0.2) is 14.5 Å². The highest BCUT2D eigenvalue weighted by Gasteiger charge is 2.12. The van der Waals surface area contributed by atoms with Crippen LogP contribution in [0.15, 0.2) is 30.6 Å². The molecular weight excluding hydrogens is 220 g/mol. The van der Waals surface area contributed by atoms with E-state index in [-0.39, 0.29) is 11.3 Å². The monoisotopic (exact) mass is 228 g/mol. The summed E-state index contributed by atoms with van der Waals surface area (Å²) in [4.78, 5) is 14.1. The Morgan fingerprint density at radius 2 is 2.29 bits per heavy atom. The standard InChI is InChI=1S/C11H8N4O2/c1-8-13-4-5-14(8)11-3-2-10(15(16)17)6-9(11)7-12/h2-6H,1H3. The van der Waals surface area contributed by atoms with Crippen molar-refractivity contribution in [2.45, 2.75) is 6.92 Å². The van der Waals surface area contributed by atoms with Gasteiger partial charge in [0.15, 0.2) is 0 Å². The maximum absolute atomic E-state index is 10.6. The summed E-state index contributed by atoms with van der Waals surface area (Å²) < 4.78 is 1.71. The number of nitrogens with zero attached hydrogens (tertiary/aromatic N) is 4. The second-order valence-corrected chi connectivity index (χ2v) is 3.41. The van der Waals surface area contributed by atoms with Gasteiger partial charge in [0.2, 0.25) is 0 Å². The van der Waals surface area contributed by atoms with Crippen molar-refractivity contribution in [1.82, 2.24) is 9.55 Å². The molecule has 0 bridgehead atoms. The van der Waals surface area contributed by atoms with Crippen molar-refractivity contribution < 1.29 is 4.92 Å². The molecule has 0 saturated carbocycles. The van der Waals surface area contributed by atoms with Crippen LogP contribution in [0.1, 0.15) is 11.4 Å². The van der Waals surface area contributed by atoms with E-state index in [1.54, 1.807) is 30.0 Å². The summed E-state index contributed by atoms with van der Waals surface area (Å²) in [6.45, 7) is 1.79. The minimum Gasteiger partial charge on any atom is -0.303 e. The number of aryl methyl sites for hydroxylation is 1. The second kappa shape index (κ2) is 4.06. The molecule has 1 heterocycles. The number of hydrogen-bond donors (Lipinski definition) is 0. The van der Waals surface area contributed by atoms with Crippen LogP contribution in [0.5, 0.6) is 0 Å². The van der Waals surface area contributed by atoms with Crippen LogP contribution >= 0.6 is 0 Å². The predicted octanol–water partition coefficient (Wildman–Crippen LogP) is 1.96. The molecule has 6 nitrogen and oxygen atoms in total. The highest BCUT2D eigenvalue weighted by molar-refractivity contribution is 5.54. The van der Waals surface area contributed by atoms with Gasteiger partial charge in [-0.05, 0) is 13.0 Å². The first-order valence-corrected chi connectivity index (χ1v) is 4.82. The highest BCUT2D eigenvalue weighted by atomic mass is 16.6. The average Bonchev–Trinajstić information content (AvgIpc) is 2.74. The highest BCUT2D eigenvalue weighted by Crippen LogP contribution is 2.21. The Balaban J connectivity index is 2.61. The number of nitro benzene ring substituents is 1. The third kappa shape index (κ3) is 1.86. The topological polar surface area (TPSA) is 84.8 Å². The predicted molar refractivity (Wildman–Crippen MR) is 59.7 cm³/mol. The van der Waals surface area contributed by atoms with Gasteiger partial charge in [-0.25, -0.2) is 4.98 Å². The molecule has 0 spiro atoms. The van der Waals surface area contributed by atoms with Crippen LogP contribution in [0.3, 0.4) is 0 Å². The summed E-state index contributed by atoms with van der Waals surface area (Å²) in [5, 5.41) is 19.6. The molecule has 0 saturated heterocycles. The molecule has 0 radical (unpaired) electrons. The number of rotatable bonds is 2.